The molecule has 0 aliphatic heterocycles. The lowest BCUT2D eigenvalue weighted by Gasteiger charge is -2.23. The summed E-state index contributed by atoms with van der Waals surface area (Å²) in [4.78, 5) is 23.7. The number of nitrogens with zero attached hydrogens (tertiary/aromatic N) is 3. The standard InChI is InChI=1S/C17H20FN5O2/c18-14-6-1-3-12(9-14)7-8-19-16(24)11-23-10-15(21-22-23)20-17(25)13-4-2-5-13/h1,3,6,9-10,13H,2,4-5,7-8,11H2,(H,19,24)(H,20,25). The molecule has 1 aliphatic rings. The van der Waals surface area contributed by atoms with Crippen molar-refractivity contribution < 1.29 is 14.0 Å². The van der Waals surface area contributed by atoms with Crippen molar-refractivity contribution in [2.24, 2.45) is 5.92 Å². The number of aromatic nitrogens is 3. The van der Waals surface area contributed by atoms with Crippen LogP contribution in [0.1, 0.15) is 24.8 Å². The van der Waals surface area contributed by atoms with E-state index in [0.717, 1.165) is 24.8 Å². The topological polar surface area (TPSA) is 88.9 Å². The Morgan fingerprint density at radius 2 is 2.16 bits per heavy atom. The fourth-order valence-electron chi connectivity index (χ4n) is 2.57. The molecule has 2 aromatic rings. The number of anilines is 1. The molecule has 0 unspecified atom stereocenters. The molecule has 0 radical (unpaired) electrons. The van der Waals surface area contributed by atoms with Crippen LogP contribution in [0.15, 0.2) is 30.5 Å². The van der Waals surface area contributed by atoms with Crippen molar-refractivity contribution in [3.8, 4) is 0 Å². The number of nitrogens with one attached hydrogen (secondary N) is 2. The molecule has 0 spiro atoms. The predicted octanol–water partition coefficient (Wildman–Crippen LogP) is 1.51. The van der Waals surface area contributed by atoms with Gasteiger partial charge in [0.2, 0.25) is 11.8 Å². The van der Waals surface area contributed by atoms with Gasteiger partial charge in [-0.05, 0) is 37.0 Å². The maximum atomic E-state index is 13.1. The second-order valence-corrected chi connectivity index (χ2v) is 6.15. The van der Waals surface area contributed by atoms with Crippen LogP contribution in [-0.2, 0) is 22.6 Å². The van der Waals surface area contributed by atoms with Gasteiger partial charge < -0.3 is 10.6 Å². The molecule has 25 heavy (non-hydrogen) atoms. The maximum absolute atomic E-state index is 13.1. The highest BCUT2D eigenvalue weighted by molar-refractivity contribution is 5.92. The number of amides is 2. The maximum Gasteiger partial charge on any atom is 0.241 e. The molecule has 0 atom stereocenters. The zero-order chi connectivity index (χ0) is 17.6. The van der Waals surface area contributed by atoms with E-state index in [1.807, 2.05) is 6.07 Å². The van der Waals surface area contributed by atoms with Crippen molar-refractivity contribution in [3.63, 3.8) is 0 Å². The van der Waals surface area contributed by atoms with Crippen molar-refractivity contribution in [1.29, 1.82) is 0 Å². The molecular formula is C17H20FN5O2. The predicted molar refractivity (Wildman–Crippen MR) is 89.1 cm³/mol. The zero-order valence-corrected chi connectivity index (χ0v) is 13.7. The van der Waals surface area contributed by atoms with E-state index in [9.17, 15) is 14.0 Å². The summed E-state index contributed by atoms with van der Waals surface area (Å²) in [5, 5.41) is 13.1. The minimum absolute atomic E-state index is 0.00937. The van der Waals surface area contributed by atoms with E-state index in [1.165, 1.54) is 23.0 Å². The van der Waals surface area contributed by atoms with Gasteiger partial charge in [0.25, 0.3) is 0 Å². The molecule has 0 saturated heterocycles. The van der Waals surface area contributed by atoms with E-state index in [1.54, 1.807) is 6.07 Å². The van der Waals surface area contributed by atoms with Gasteiger partial charge in [0.05, 0.1) is 6.20 Å². The second kappa shape index (κ2) is 7.87. The number of halogens is 1. The van der Waals surface area contributed by atoms with Crippen LogP contribution in [-0.4, -0.2) is 33.4 Å². The molecule has 1 saturated carbocycles. The summed E-state index contributed by atoms with van der Waals surface area (Å²) in [5.74, 6) is -0.139. The number of rotatable bonds is 7. The Morgan fingerprint density at radius 1 is 1.32 bits per heavy atom. The number of benzene rings is 1. The highest BCUT2D eigenvalue weighted by Gasteiger charge is 2.25. The Hall–Kier alpha value is -2.77. The molecule has 2 N–H and O–H groups in total. The third-order valence-electron chi connectivity index (χ3n) is 4.20. The average Bonchev–Trinajstić information content (AvgIpc) is 2.92. The van der Waals surface area contributed by atoms with Crippen molar-refractivity contribution >= 4 is 17.6 Å². The van der Waals surface area contributed by atoms with Crippen LogP contribution < -0.4 is 10.6 Å². The van der Waals surface area contributed by atoms with Crippen LogP contribution in [0, 0.1) is 11.7 Å². The Morgan fingerprint density at radius 3 is 2.88 bits per heavy atom. The molecular weight excluding hydrogens is 325 g/mol. The average molecular weight is 345 g/mol. The first-order valence-electron chi connectivity index (χ1n) is 8.32. The molecule has 1 heterocycles. The minimum Gasteiger partial charge on any atom is -0.354 e. The van der Waals surface area contributed by atoms with Crippen LogP contribution in [0.2, 0.25) is 0 Å². The quantitative estimate of drug-likeness (QED) is 0.796. The molecule has 1 fully saturated rings. The molecule has 7 nitrogen and oxygen atoms in total. The summed E-state index contributed by atoms with van der Waals surface area (Å²) in [7, 11) is 0. The number of carbonyl (C=O) groups is 2. The summed E-state index contributed by atoms with van der Waals surface area (Å²) in [6.07, 6.45) is 4.98. The van der Waals surface area contributed by atoms with Gasteiger partial charge in [0.1, 0.15) is 12.4 Å². The van der Waals surface area contributed by atoms with Crippen LogP contribution >= 0.6 is 0 Å². The SMILES string of the molecule is O=C(Cn1cc(NC(=O)C2CCC2)nn1)NCCc1cccc(F)c1. The van der Waals surface area contributed by atoms with Gasteiger partial charge in [-0.1, -0.05) is 23.8 Å². The second-order valence-electron chi connectivity index (χ2n) is 6.15. The lowest BCUT2D eigenvalue weighted by Crippen LogP contribution is -2.29. The first-order chi connectivity index (χ1) is 12.1. The van der Waals surface area contributed by atoms with Gasteiger partial charge in [-0.3, -0.25) is 9.59 Å². The molecule has 0 bridgehead atoms. The molecule has 1 aliphatic carbocycles. The van der Waals surface area contributed by atoms with Gasteiger partial charge in [0, 0.05) is 12.5 Å². The van der Waals surface area contributed by atoms with Crippen molar-refractivity contribution in [1.82, 2.24) is 20.3 Å². The number of hydrogen-bond acceptors (Lipinski definition) is 4. The van der Waals surface area contributed by atoms with Crippen molar-refractivity contribution in [2.45, 2.75) is 32.2 Å². The van der Waals surface area contributed by atoms with E-state index in [4.69, 9.17) is 0 Å². The van der Waals surface area contributed by atoms with Crippen LogP contribution in [0.4, 0.5) is 10.2 Å². The monoisotopic (exact) mass is 345 g/mol. The highest BCUT2D eigenvalue weighted by atomic mass is 19.1. The summed E-state index contributed by atoms with van der Waals surface area (Å²) >= 11 is 0. The summed E-state index contributed by atoms with van der Waals surface area (Å²) < 4.78 is 14.4. The lowest BCUT2D eigenvalue weighted by atomic mass is 9.85. The third kappa shape index (κ3) is 4.85. The van der Waals surface area contributed by atoms with Gasteiger partial charge in [-0.2, -0.15) is 0 Å². The van der Waals surface area contributed by atoms with Crippen molar-refractivity contribution in [3.05, 3.63) is 41.8 Å². The van der Waals surface area contributed by atoms with Crippen LogP contribution in [0.5, 0.6) is 0 Å². The summed E-state index contributed by atoms with van der Waals surface area (Å²) in [6, 6.07) is 6.28. The van der Waals surface area contributed by atoms with E-state index in [-0.39, 0.29) is 30.1 Å². The van der Waals surface area contributed by atoms with Gasteiger partial charge in [0.15, 0.2) is 5.82 Å². The Kier molecular flexibility index (Phi) is 5.37. The fourth-order valence-corrected chi connectivity index (χ4v) is 2.57. The van der Waals surface area contributed by atoms with Crippen LogP contribution in [0.25, 0.3) is 0 Å². The van der Waals surface area contributed by atoms with Crippen molar-refractivity contribution in [2.75, 3.05) is 11.9 Å². The Labute approximate surface area is 144 Å². The molecule has 132 valence electrons. The van der Waals surface area contributed by atoms with Gasteiger partial charge in [-0.25, -0.2) is 9.07 Å². The van der Waals surface area contributed by atoms with E-state index in [0.29, 0.717) is 18.8 Å². The normalized spacial score (nSPS) is 14.0. The van der Waals surface area contributed by atoms with E-state index in [2.05, 4.69) is 20.9 Å². The summed E-state index contributed by atoms with van der Waals surface area (Å²) in [6.45, 7) is 0.414. The Balaban J connectivity index is 1.41. The third-order valence-corrected chi connectivity index (χ3v) is 4.20. The Bertz CT molecular complexity index is 757. The van der Waals surface area contributed by atoms with Gasteiger partial charge in [-0.15, -0.1) is 5.10 Å². The zero-order valence-electron chi connectivity index (χ0n) is 13.7. The first-order valence-corrected chi connectivity index (χ1v) is 8.32. The lowest BCUT2D eigenvalue weighted by molar-refractivity contribution is -0.122. The minimum atomic E-state index is -0.289. The first kappa shape index (κ1) is 17.1. The molecule has 3 rings (SSSR count). The van der Waals surface area contributed by atoms with Gasteiger partial charge >= 0.3 is 0 Å². The molecule has 1 aromatic carbocycles. The van der Waals surface area contributed by atoms with E-state index >= 15 is 0 Å². The largest absolute Gasteiger partial charge is 0.354 e. The molecule has 8 heteroatoms. The molecule has 2 amide bonds. The molecule has 1 aromatic heterocycles. The number of carbonyl (C=O) groups excluding carboxylic acids is 2. The fraction of sp³-hybridized carbons (Fsp3) is 0.412. The summed E-state index contributed by atoms with van der Waals surface area (Å²) in [5.41, 5.74) is 0.821. The van der Waals surface area contributed by atoms with E-state index < -0.39 is 0 Å². The van der Waals surface area contributed by atoms with Crippen LogP contribution in [0.3, 0.4) is 0 Å². The highest BCUT2D eigenvalue weighted by Crippen LogP contribution is 2.27. The number of hydrogen-bond donors (Lipinski definition) is 2. The smallest absolute Gasteiger partial charge is 0.241 e.